The van der Waals surface area contributed by atoms with E-state index in [0.717, 1.165) is 82.8 Å². The molecule has 12 aromatic rings. The second kappa shape index (κ2) is 53.1. The van der Waals surface area contributed by atoms with Crippen molar-refractivity contribution in [2.45, 2.75) is 58.3 Å². The van der Waals surface area contributed by atoms with Crippen LogP contribution in [-0.2, 0) is 44.9 Å². The Hall–Kier alpha value is -15.8. The maximum absolute atomic E-state index is 11.9. The molecule has 1 aliphatic rings. The van der Waals surface area contributed by atoms with Crippen molar-refractivity contribution in [3.8, 4) is 52.6 Å². The first-order valence-electron chi connectivity index (χ1n) is 40.4. The highest BCUT2D eigenvalue weighted by Crippen LogP contribution is 2.29. The van der Waals surface area contributed by atoms with Crippen LogP contribution in [0.2, 0.25) is 5.02 Å². The minimum atomic E-state index is -0.319. The van der Waals surface area contributed by atoms with Crippen LogP contribution in [0.25, 0.3) is 0 Å². The van der Waals surface area contributed by atoms with Crippen LogP contribution in [0.15, 0.2) is 291 Å². The zero-order valence-electron chi connectivity index (χ0n) is 69.8. The quantitative estimate of drug-likeness (QED) is 0.00788. The van der Waals surface area contributed by atoms with Gasteiger partial charge in [0.25, 0.3) is 0 Å². The summed E-state index contributed by atoms with van der Waals surface area (Å²) in [6, 6.07) is 84.2. The number of aromatic hydroxyl groups is 5. The number of hydrogen-bond donors (Lipinski definition) is 17. The van der Waals surface area contributed by atoms with Gasteiger partial charge in [0, 0.05) is 96.5 Å². The summed E-state index contributed by atoms with van der Waals surface area (Å²) in [6.07, 6.45) is 11.6. The largest absolute Gasteiger partial charge is 0.619 e. The molecule has 652 valence electrons. The molecular weight excluding hydrogens is 1620 g/mol. The summed E-state index contributed by atoms with van der Waals surface area (Å²) >= 11 is 5.83. The standard InChI is InChI=1S/C18H20N2O3.C17H20N2O2.C17H16N2O2.C16H17N3O3.C15H15ClN2O2.C15H16N2O2/c21-16-7-3-13(4-8-16)9-10-19-18(22)20-15-6-5-14-2-1-11-23-17(14)12-15;1-13-7-9-14(10-8-13)11-12-18-17(20)19-15-5-3-4-6-16(15)21-2;1-2-13-3-7-15(8-4-13)19-17(21)18-12-11-14-5-9-16(20)10-6-14;1-19(22)14-6-4-13(5-7-14)18-16(21)17-11-10-12-2-8-15(20)9-3-12;16-12-2-1-3-13(10-12)18-15(20)17-9-8-11-4-6-14(19)7-5-11;18-14-8-6-12(7-9-14)10-11-16-15(19)17-13-4-2-1-3-5-13/h3-8,12,21H,1-2,9-11H2,(H2,19,20,22);3-10H,11-12H2,1-2H3,(H2,18,19,20);1,3-10,20H,11-12H2,(H2,18,19,21);2-9,20H,1,10-11H2,(H2,17,18,21);1-7,10,19H,8-9H2,(H2,17,18,20);1-9,18H,10-11H2,(H2,16,17,19). The number of amides is 12. The first kappa shape index (κ1) is 95.6. The molecule has 0 unspecified atom stereocenters. The van der Waals surface area contributed by atoms with Crippen LogP contribution in [0, 0.1) is 24.5 Å². The second-order valence-electron chi connectivity index (χ2n) is 28.1. The number of nitrogens with one attached hydrogen (secondary N) is 12. The number of anilines is 6. The smallest absolute Gasteiger partial charge is 0.319 e. The third kappa shape index (κ3) is 37.9. The Kier molecular flexibility index (Phi) is 40.3. The Labute approximate surface area is 737 Å². The molecule has 0 radical (unpaired) electrons. The summed E-state index contributed by atoms with van der Waals surface area (Å²) in [5.41, 5.74) is 14.2. The molecule has 28 heteroatoms. The average molecular weight is 1720 g/mol. The number of methoxy groups -OCH3 is 1. The van der Waals surface area contributed by atoms with Crippen LogP contribution >= 0.6 is 11.6 Å². The zero-order chi connectivity index (χ0) is 90.1. The number of hydrogen-bond acceptors (Lipinski definition) is 14. The minimum Gasteiger partial charge on any atom is -0.619 e. The van der Waals surface area contributed by atoms with Gasteiger partial charge in [-0.1, -0.05) is 150 Å². The van der Waals surface area contributed by atoms with E-state index in [0.29, 0.717) is 109 Å². The number of phenolic OH excluding ortho intramolecular Hbond substituents is 5. The predicted molar refractivity (Wildman–Crippen MR) is 498 cm³/mol. The van der Waals surface area contributed by atoms with E-state index < -0.39 is 0 Å². The van der Waals surface area contributed by atoms with Gasteiger partial charge in [-0.15, -0.1) is 6.42 Å². The summed E-state index contributed by atoms with van der Waals surface area (Å²) in [7, 11) is 1.58. The number of carbonyl (C=O) groups excluding carboxylic acids is 6. The fraction of sp³-hybridized carbons (Fsp3) is 0.173. The first-order valence-corrected chi connectivity index (χ1v) is 40.7. The molecule has 126 heavy (non-hydrogen) atoms. The number of aryl methyl sites for hydroxylation is 2. The van der Waals surface area contributed by atoms with Gasteiger partial charge >= 0.3 is 36.2 Å². The van der Waals surface area contributed by atoms with Crippen molar-refractivity contribution >= 4 is 94.3 Å². The number of terminal acetylenes is 1. The number of urea groups is 6. The Morgan fingerprint density at radius 1 is 0.405 bits per heavy atom. The van der Waals surface area contributed by atoms with Gasteiger partial charge in [0.15, 0.2) is 0 Å². The third-order valence-corrected chi connectivity index (χ3v) is 18.6. The van der Waals surface area contributed by atoms with Crippen LogP contribution in [0.3, 0.4) is 0 Å². The minimum absolute atomic E-state index is 0.218. The number of ether oxygens (including phenoxy) is 2. The molecule has 0 spiro atoms. The molecular formula is C98H104ClN13O14. The molecule has 0 bridgehead atoms. The number of rotatable bonds is 26. The van der Waals surface area contributed by atoms with E-state index in [1.165, 1.54) is 16.7 Å². The lowest BCUT2D eigenvalue weighted by Crippen LogP contribution is -2.30. The summed E-state index contributed by atoms with van der Waals surface area (Å²) in [5, 5.41) is 90.6. The van der Waals surface area contributed by atoms with Crippen molar-refractivity contribution in [1.82, 2.24) is 31.9 Å². The van der Waals surface area contributed by atoms with Gasteiger partial charge in [0.1, 0.15) is 47.0 Å². The van der Waals surface area contributed by atoms with E-state index in [-0.39, 0.29) is 64.9 Å². The molecule has 12 amide bonds. The van der Waals surface area contributed by atoms with Crippen LogP contribution in [0.4, 0.5) is 68.6 Å². The lowest BCUT2D eigenvalue weighted by atomic mass is 10.1. The molecule has 1 heterocycles. The van der Waals surface area contributed by atoms with Gasteiger partial charge in [-0.3, -0.25) is 0 Å². The number of nitrogens with zero attached hydrogens (tertiary/aromatic N) is 1. The van der Waals surface area contributed by atoms with Crippen molar-refractivity contribution in [1.29, 1.82) is 0 Å². The van der Waals surface area contributed by atoms with E-state index in [9.17, 15) is 49.3 Å². The van der Waals surface area contributed by atoms with E-state index in [4.69, 9.17) is 37.7 Å². The fourth-order valence-electron chi connectivity index (χ4n) is 11.6. The lowest BCUT2D eigenvalue weighted by molar-refractivity contribution is -0.349. The molecule has 0 aliphatic carbocycles. The Bertz CT molecular complexity index is 5430. The summed E-state index contributed by atoms with van der Waals surface area (Å²) in [6.45, 7) is 9.18. The van der Waals surface area contributed by atoms with E-state index >= 15 is 0 Å². The summed E-state index contributed by atoms with van der Waals surface area (Å²) < 4.78 is 11.3. The van der Waals surface area contributed by atoms with Gasteiger partial charge < -0.3 is 104 Å². The second-order valence-corrected chi connectivity index (χ2v) is 28.5. The third-order valence-electron chi connectivity index (χ3n) is 18.4. The fourth-order valence-corrected chi connectivity index (χ4v) is 11.8. The molecule has 12 aromatic carbocycles. The van der Waals surface area contributed by atoms with Crippen LogP contribution in [-0.4, -0.2) is 126 Å². The van der Waals surface area contributed by atoms with E-state index in [1.54, 1.807) is 159 Å². The highest BCUT2D eigenvalue weighted by atomic mass is 35.5. The molecule has 13 rings (SSSR count). The number of benzene rings is 12. The highest BCUT2D eigenvalue weighted by Gasteiger charge is 2.14. The summed E-state index contributed by atoms with van der Waals surface area (Å²) in [4.78, 5) is 70.5. The van der Waals surface area contributed by atoms with Gasteiger partial charge in [-0.2, -0.15) is 4.74 Å². The van der Waals surface area contributed by atoms with Crippen LogP contribution in [0.5, 0.6) is 40.2 Å². The highest BCUT2D eigenvalue weighted by molar-refractivity contribution is 6.30. The van der Waals surface area contributed by atoms with E-state index in [1.807, 2.05) is 115 Å². The average Bonchev–Trinajstić information content (AvgIpc) is 0.841. The number of phenols is 5. The van der Waals surface area contributed by atoms with Crippen molar-refractivity contribution in [2.75, 3.05) is 84.9 Å². The number of carbonyl (C=O) groups is 6. The monoisotopic (exact) mass is 1720 g/mol. The van der Waals surface area contributed by atoms with E-state index in [2.05, 4.69) is 108 Å². The Balaban J connectivity index is 0.000000187. The molecule has 0 atom stereocenters. The molecule has 1 aliphatic heterocycles. The number of halogens is 1. The van der Waals surface area contributed by atoms with Gasteiger partial charge in [-0.25, -0.2) is 28.8 Å². The molecule has 0 saturated heterocycles. The normalized spacial score (nSPS) is 10.5. The Morgan fingerprint density at radius 3 is 1.10 bits per heavy atom. The molecule has 0 aromatic heterocycles. The van der Waals surface area contributed by atoms with Crippen LogP contribution in [0.1, 0.15) is 56.5 Å². The van der Waals surface area contributed by atoms with Gasteiger partial charge in [0.2, 0.25) is 5.69 Å². The molecule has 0 fully saturated rings. The molecule has 0 saturated carbocycles. The number of fused-ring (bicyclic) bond motifs is 1. The van der Waals surface area contributed by atoms with Gasteiger partial charge in [0.05, 0.1) is 19.4 Å². The SMILES string of the molecule is C#Cc1ccc(NC(=O)NCCc2ccc(O)cc2)cc1.C=[N+]([O-])c1ccc(NC(=O)NCCc2ccc(O)cc2)cc1.COc1ccccc1NC(=O)NCCc1ccc(C)cc1.O=C(NCCc1ccc(O)cc1)Nc1ccc2c(c1)OCCC2.O=C(NCCc1ccc(O)cc1)Nc1cccc(Cl)c1.O=C(NCCc1ccc(O)cc1)Nc1ccccc1. The van der Waals surface area contributed by atoms with Crippen molar-refractivity contribution in [3.05, 3.63) is 351 Å². The number of para-hydroxylation sites is 3. The topological polar surface area (TPSA) is 392 Å². The van der Waals surface area contributed by atoms with Gasteiger partial charge in [-0.05, 0) is 243 Å². The predicted octanol–water partition coefficient (Wildman–Crippen LogP) is 18.0. The zero-order valence-corrected chi connectivity index (χ0v) is 70.6. The molecule has 17 N–H and O–H groups in total. The van der Waals surface area contributed by atoms with Crippen molar-refractivity contribution in [2.24, 2.45) is 0 Å². The van der Waals surface area contributed by atoms with Crippen molar-refractivity contribution in [3.63, 3.8) is 0 Å². The maximum Gasteiger partial charge on any atom is 0.319 e. The Morgan fingerprint density at radius 2 is 0.730 bits per heavy atom. The lowest BCUT2D eigenvalue weighted by Gasteiger charge is -2.18. The summed E-state index contributed by atoms with van der Waals surface area (Å²) in [5.74, 6) is 5.21. The van der Waals surface area contributed by atoms with Crippen molar-refractivity contribution < 1.29 is 68.5 Å². The van der Waals surface area contributed by atoms with Crippen LogP contribution < -0.4 is 73.3 Å². The first-order chi connectivity index (χ1) is 61.0. The maximum atomic E-state index is 11.9. The molecule has 27 nitrogen and oxygen atoms in total.